The molecule has 0 aliphatic heterocycles. The van der Waals surface area contributed by atoms with Gasteiger partial charge in [-0.1, -0.05) is 42.5 Å². The standard InChI is InChI=1S/C18H18O2S/c1-3-14-18(2,21-16-12-8-5-9-13-16)17(19)20-15-10-6-4-7-11-15/h3-13H,1,14H2,2H3. The molecule has 1 unspecified atom stereocenters. The smallest absolute Gasteiger partial charge is 0.327 e. The molecule has 0 amide bonds. The van der Waals surface area contributed by atoms with Gasteiger partial charge in [-0.15, -0.1) is 18.3 Å². The summed E-state index contributed by atoms with van der Waals surface area (Å²) in [6, 6.07) is 19.0. The highest BCUT2D eigenvalue weighted by Crippen LogP contribution is 2.37. The first-order valence-electron chi connectivity index (χ1n) is 6.76. The number of para-hydroxylation sites is 1. The number of esters is 1. The summed E-state index contributed by atoms with van der Waals surface area (Å²) >= 11 is 1.50. The van der Waals surface area contributed by atoms with Gasteiger partial charge in [-0.2, -0.15) is 0 Å². The molecule has 2 aromatic carbocycles. The van der Waals surface area contributed by atoms with Crippen molar-refractivity contribution in [2.24, 2.45) is 0 Å². The summed E-state index contributed by atoms with van der Waals surface area (Å²) in [7, 11) is 0. The van der Waals surface area contributed by atoms with Crippen molar-refractivity contribution in [1.29, 1.82) is 0 Å². The Bertz CT molecular complexity index is 595. The van der Waals surface area contributed by atoms with Crippen molar-refractivity contribution < 1.29 is 9.53 Å². The average molecular weight is 298 g/mol. The lowest BCUT2D eigenvalue weighted by atomic mass is 10.1. The number of allylic oxidation sites excluding steroid dienone is 1. The Kier molecular flexibility index (Phi) is 5.23. The number of hydrogen-bond donors (Lipinski definition) is 0. The fourth-order valence-corrected chi connectivity index (χ4v) is 3.03. The molecular formula is C18H18O2S. The van der Waals surface area contributed by atoms with Crippen LogP contribution in [0.5, 0.6) is 5.75 Å². The monoisotopic (exact) mass is 298 g/mol. The minimum atomic E-state index is -0.695. The van der Waals surface area contributed by atoms with E-state index in [9.17, 15) is 4.79 Å². The molecule has 108 valence electrons. The maximum atomic E-state index is 12.5. The van der Waals surface area contributed by atoms with Gasteiger partial charge in [0.05, 0.1) is 0 Å². The van der Waals surface area contributed by atoms with Gasteiger partial charge in [-0.3, -0.25) is 4.79 Å². The Labute approximate surface area is 129 Å². The Morgan fingerprint density at radius 2 is 1.71 bits per heavy atom. The lowest BCUT2D eigenvalue weighted by molar-refractivity contribution is -0.136. The summed E-state index contributed by atoms with van der Waals surface area (Å²) < 4.78 is 4.80. The third-order valence-electron chi connectivity index (χ3n) is 3.01. The van der Waals surface area contributed by atoms with Crippen LogP contribution in [-0.4, -0.2) is 10.7 Å². The molecule has 0 spiro atoms. The maximum absolute atomic E-state index is 12.5. The van der Waals surface area contributed by atoms with Gasteiger partial charge < -0.3 is 4.74 Å². The number of hydrogen-bond acceptors (Lipinski definition) is 3. The van der Waals surface area contributed by atoms with E-state index in [2.05, 4.69) is 6.58 Å². The van der Waals surface area contributed by atoms with Crippen LogP contribution in [0.4, 0.5) is 0 Å². The molecular weight excluding hydrogens is 280 g/mol. The third kappa shape index (κ3) is 4.23. The molecule has 21 heavy (non-hydrogen) atoms. The Hall–Kier alpha value is -2.00. The molecule has 0 aliphatic rings. The summed E-state index contributed by atoms with van der Waals surface area (Å²) in [6.45, 7) is 5.64. The van der Waals surface area contributed by atoms with Crippen LogP contribution in [0.3, 0.4) is 0 Å². The first-order valence-corrected chi connectivity index (χ1v) is 7.58. The SMILES string of the molecule is C=CCC(C)(Sc1ccccc1)C(=O)Oc1ccccc1. The van der Waals surface area contributed by atoms with Gasteiger partial charge in [-0.25, -0.2) is 0 Å². The van der Waals surface area contributed by atoms with E-state index in [4.69, 9.17) is 4.74 Å². The molecule has 0 fully saturated rings. The highest BCUT2D eigenvalue weighted by Gasteiger charge is 2.35. The number of carbonyl (C=O) groups is 1. The average Bonchev–Trinajstić information content (AvgIpc) is 2.49. The molecule has 2 aromatic rings. The van der Waals surface area contributed by atoms with Crippen molar-refractivity contribution in [3.05, 3.63) is 73.3 Å². The van der Waals surface area contributed by atoms with Crippen LogP contribution >= 0.6 is 11.8 Å². The van der Waals surface area contributed by atoms with Crippen LogP contribution in [0, 0.1) is 0 Å². The van der Waals surface area contributed by atoms with Crippen LogP contribution in [0.2, 0.25) is 0 Å². The van der Waals surface area contributed by atoms with Crippen LogP contribution in [-0.2, 0) is 4.79 Å². The van der Waals surface area contributed by atoms with E-state index in [0.717, 1.165) is 4.90 Å². The van der Waals surface area contributed by atoms with Crippen molar-refractivity contribution >= 4 is 17.7 Å². The van der Waals surface area contributed by atoms with Crippen molar-refractivity contribution in [2.45, 2.75) is 23.0 Å². The molecule has 0 bridgehead atoms. The highest BCUT2D eigenvalue weighted by atomic mass is 32.2. The molecule has 0 aliphatic carbocycles. The fourth-order valence-electron chi connectivity index (χ4n) is 1.89. The topological polar surface area (TPSA) is 26.3 Å². The second-order valence-corrected chi connectivity index (χ2v) is 6.42. The summed E-state index contributed by atoms with van der Waals surface area (Å²) in [5, 5.41) is 0. The zero-order chi connectivity index (χ0) is 15.1. The third-order valence-corrected chi connectivity index (χ3v) is 4.30. The molecule has 0 saturated carbocycles. The van der Waals surface area contributed by atoms with Crippen molar-refractivity contribution in [3.63, 3.8) is 0 Å². The maximum Gasteiger partial charge on any atom is 0.327 e. The molecule has 0 radical (unpaired) electrons. The zero-order valence-electron chi connectivity index (χ0n) is 12.0. The van der Waals surface area contributed by atoms with E-state index < -0.39 is 4.75 Å². The van der Waals surface area contributed by atoms with E-state index >= 15 is 0 Å². The number of rotatable bonds is 6. The van der Waals surface area contributed by atoms with Crippen molar-refractivity contribution in [2.75, 3.05) is 0 Å². The molecule has 0 heterocycles. The minimum Gasteiger partial charge on any atom is -0.425 e. The molecule has 0 N–H and O–H groups in total. The molecule has 1 atom stereocenters. The summed E-state index contributed by atoms with van der Waals surface area (Å²) in [4.78, 5) is 13.6. The largest absolute Gasteiger partial charge is 0.425 e. The predicted molar refractivity (Wildman–Crippen MR) is 87.6 cm³/mol. The lowest BCUT2D eigenvalue weighted by Crippen LogP contribution is -2.35. The molecule has 0 saturated heterocycles. The first-order chi connectivity index (χ1) is 10.1. The zero-order valence-corrected chi connectivity index (χ0v) is 12.8. The molecule has 0 aromatic heterocycles. The molecule has 2 rings (SSSR count). The normalized spacial score (nSPS) is 13.2. The van der Waals surface area contributed by atoms with Gasteiger partial charge in [0.2, 0.25) is 0 Å². The summed E-state index contributed by atoms with van der Waals surface area (Å²) in [5.74, 6) is 0.300. The number of carbonyl (C=O) groups excluding carboxylic acids is 1. The minimum absolute atomic E-state index is 0.262. The van der Waals surface area contributed by atoms with Gasteiger partial charge >= 0.3 is 5.97 Å². The van der Waals surface area contributed by atoms with E-state index in [-0.39, 0.29) is 5.97 Å². The Morgan fingerprint density at radius 1 is 1.14 bits per heavy atom. The van der Waals surface area contributed by atoms with Crippen LogP contribution < -0.4 is 4.74 Å². The van der Waals surface area contributed by atoms with Gasteiger partial charge in [0.1, 0.15) is 10.5 Å². The first kappa shape index (κ1) is 15.4. The van der Waals surface area contributed by atoms with Gasteiger partial charge in [0, 0.05) is 4.90 Å². The van der Waals surface area contributed by atoms with E-state index in [0.29, 0.717) is 12.2 Å². The molecule has 2 nitrogen and oxygen atoms in total. The van der Waals surface area contributed by atoms with Crippen LogP contribution in [0.1, 0.15) is 13.3 Å². The van der Waals surface area contributed by atoms with Crippen molar-refractivity contribution in [3.8, 4) is 5.75 Å². The Balaban J connectivity index is 2.16. The second-order valence-electron chi connectivity index (χ2n) is 4.84. The van der Waals surface area contributed by atoms with E-state index in [1.807, 2.05) is 55.5 Å². The fraction of sp³-hybridized carbons (Fsp3) is 0.167. The van der Waals surface area contributed by atoms with Crippen LogP contribution in [0.25, 0.3) is 0 Å². The van der Waals surface area contributed by atoms with E-state index in [1.165, 1.54) is 11.8 Å². The predicted octanol–water partition coefficient (Wildman–Crippen LogP) is 4.72. The Morgan fingerprint density at radius 3 is 2.29 bits per heavy atom. The summed E-state index contributed by atoms with van der Waals surface area (Å²) in [6.07, 6.45) is 2.29. The lowest BCUT2D eigenvalue weighted by Gasteiger charge is -2.25. The van der Waals surface area contributed by atoms with Crippen LogP contribution in [0.15, 0.2) is 78.2 Å². The number of ether oxygens (including phenoxy) is 1. The number of benzene rings is 2. The van der Waals surface area contributed by atoms with Gasteiger partial charge in [-0.05, 0) is 37.6 Å². The summed E-state index contributed by atoms with van der Waals surface area (Å²) in [5.41, 5.74) is 0. The second kappa shape index (κ2) is 7.14. The van der Waals surface area contributed by atoms with Gasteiger partial charge in [0.15, 0.2) is 0 Å². The number of thioether (sulfide) groups is 1. The van der Waals surface area contributed by atoms with E-state index in [1.54, 1.807) is 18.2 Å². The molecule has 3 heteroatoms. The highest BCUT2D eigenvalue weighted by molar-refractivity contribution is 8.01. The van der Waals surface area contributed by atoms with Crippen molar-refractivity contribution in [1.82, 2.24) is 0 Å². The van der Waals surface area contributed by atoms with Gasteiger partial charge in [0.25, 0.3) is 0 Å². The quantitative estimate of drug-likeness (QED) is 0.334.